The third-order valence-corrected chi connectivity index (χ3v) is 4.48. The van der Waals surface area contributed by atoms with Gasteiger partial charge < -0.3 is 5.73 Å². The summed E-state index contributed by atoms with van der Waals surface area (Å²) in [5, 5.41) is 0. The Bertz CT molecular complexity index is 348. The predicted molar refractivity (Wildman–Crippen MR) is 83.5 cm³/mol. The highest BCUT2D eigenvalue weighted by Gasteiger charge is 2.15. The fraction of sp³-hybridized carbons (Fsp3) is 0.667. The highest BCUT2D eigenvalue weighted by atomic mass is 14.6. The number of unbranched alkanes of at least 4 members (excludes halogenated alkanes) is 1. The Balaban J connectivity index is 1.86. The van der Waals surface area contributed by atoms with Crippen molar-refractivity contribution in [3.63, 3.8) is 0 Å². The van der Waals surface area contributed by atoms with Gasteiger partial charge in [0.05, 0.1) is 0 Å². The second-order valence-corrected chi connectivity index (χ2v) is 6.18. The Morgan fingerprint density at radius 1 is 1.11 bits per heavy atom. The van der Waals surface area contributed by atoms with E-state index in [4.69, 9.17) is 5.73 Å². The van der Waals surface area contributed by atoms with E-state index < -0.39 is 0 Å². The summed E-state index contributed by atoms with van der Waals surface area (Å²) >= 11 is 0. The molecule has 1 nitrogen and oxygen atoms in total. The molecule has 19 heavy (non-hydrogen) atoms. The molecular weight excluding hydrogens is 230 g/mol. The first kappa shape index (κ1) is 14.6. The molecule has 106 valence electrons. The normalized spacial score (nSPS) is 18.4. The molecule has 0 bridgehead atoms. The maximum absolute atomic E-state index is 6.17. The zero-order chi connectivity index (χ0) is 13.5. The molecular formula is C18H29N. The molecule has 0 amide bonds. The van der Waals surface area contributed by atoms with Crippen LogP contribution in [0.15, 0.2) is 24.3 Å². The minimum absolute atomic E-state index is 0.334. The van der Waals surface area contributed by atoms with Crippen LogP contribution in [0.3, 0.4) is 0 Å². The van der Waals surface area contributed by atoms with Crippen LogP contribution in [-0.4, -0.2) is 6.04 Å². The average molecular weight is 259 g/mol. The van der Waals surface area contributed by atoms with Crippen LogP contribution in [0.1, 0.15) is 75.3 Å². The van der Waals surface area contributed by atoms with Crippen molar-refractivity contribution in [1.29, 1.82) is 0 Å². The van der Waals surface area contributed by atoms with Gasteiger partial charge in [0, 0.05) is 6.04 Å². The van der Waals surface area contributed by atoms with Crippen LogP contribution in [0.5, 0.6) is 0 Å². The molecule has 2 rings (SSSR count). The third-order valence-electron chi connectivity index (χ3n) is 4.48. The van der Waals surface area contributed by atoms with Gasteiger partial charge in [-0.3, -0.25) is 0 Å². The number of rotatable bonds is 6. The highest BCUT2D eigenvalue weighted by Crippen LogP contribution is 2.32. The van der Waals surface area contributed by atoms with Crippen molar-refractivity contribution in [3.8, 4) is 0 Å². The van der Waals surface area contributed by atoms with E-state index in [2.05, 4.69) is 31.2 Å². The van der Waals surface area contributed by atoms with Crippen LogP contribution in [-0.2, 0) is 6.42 Å². The van der Waals surface area contributed by atoms with Gasteiger partial charge in [-0.15, -0.1) is 0 Å². The van der Waals surface area contributed by atoms with Crippen molar-refractivity contribution < 1.29 is 0 Å². The van der Waals surface area contributed by atoms with E-state index in [-0.39, 0.29) is 0 Å². The lowest BCUT2D eigenvalue weighted by Gasteiger charge is -2.22. The number of hydrogen-bond acceptors (Lipinski definition) is 1. The van der Waals surface area contributed by atoms with Crippen molar-refractivity contribution in [1.82, 2.24) is 0 Å². The summed E-state index contributed by atoms with van der Waals surface area (Å²) in [6.45, 7) is 2.23. The Kier molecular flexibility index (Phi) is 5.91. The molecule has 1 aliphatic rings. The largest absolute Gasteiger partial charge is 0.327 e. The SMILES string of the molecule is CCCCC(N)Cc1ccc(C2CCCCC2)cc1. The first-order chi connectivity index (χ1) is 9.29. The summed E-state index contributed by atoms with van der Waals surface area (Å²) in [5.74, 6) is 0.816. The van der Waals surface area contributed by atoms with E-state index >= 15 is 0 Å². The maximum Gasteiger partial charge on any atom is 0.00793 e. The zero-order valence-corrected chi connectivity index (χ0v) is 12.4. The Labute approximate surface area is 118 Å². The summed E-state index contributed by atoms with van der Waals surface area (Å²) in [6.07, 6.45) is 11.7. The van der Waals surface area contributed by atoms with E-state index in [0.717, 1.165) is 18.8 Å². The van der Waals surface area contributed by atoms with Crippen LogP contribution < -0.4 is 5.73 Å². The predicted octanol–water partition coefficient (Wildman–Crippen LogP) is 4.79. The van der Waals surface area contributed by atoms with Crippen LogP contribution in [0.25, 0.3) is 0 Å². The zero-order valence-electron chi connectivity index (χ0n) is 12.4. The smallest absolute Gasteiger partial charge is 0.00793 e. The van der Waals surface area contributed by atoms with Crippen molar-refractivity contribution in [2.24, 2.45) is 5.73 Å². The summed E-state index contributed by atoms with van der Waals surface area (Å²) in [4.78, 5) is 0. The van der Waals surface area contributed by atoms with Crippen molar-refractivity contribution in [2.45, 2.75) is 76.7 Å². The van der Waals surface area contributed by atoms with Gasteiger partial charge in [-0.1, -0.05) is 63.3 Å². The molecule has 1 aromatic carbocycles. The monoisotopic (exact) mass is 259 g/mol. The first-order valence-corrected chi connectivity index (χ1v) is 8.14. The minimum atomic E-state index is 0.334. The molecule has 0 aliphatic heterocycles. The van der Waals surface area contributed by atoms with Gasteiger partial charge in [-0.05, 0) is 42.7 Å². The van der Waals surface area contributed by atoms with Crippen LogP contribution in [0.4, 0.5) is 0 Å². The lowest BCUT2D eigenvalue weighted by atomic mass is 9.84. The van der Waals surface area contributed by atoms with Gasteiger partial charge in [-0.2, -0.15) is 0 Å². The number of nitrogens with two attached hydrogens (primary N) is 1. The molecule has 1 saturated carbocycles. The van der Waals surface area contributed by atoms with Crippen molar-refractivity contribution in [2.75, 3.05) is 0 Å². The molecule has 1 aromatic rings. The Hall–Kier alpha value is -0.820. The topological polar surface area (TPSA) is 26.0 Å². The van der Waals surface area contributed by atoms with E-state index in [1.54, 1.807) is 5.56 Å². The second kappa shape index (κ2) is 7.69. The van der Waals surface area contributed by atoms with E-state index in [1.165, 1.54) is 50.5 Å². The van der Waals surface area contributed by atoms with Gasteiger partial charge in [0.2, 0.25) is 0 Å². The molecule has 1 aliphatic carbocycles. The van der Waals surface area contributed by atoms with E-state index in [0.29, 0.717) is 6.04 Å². The molecule has 0 aromatic heterocycles. The molecule has 1 unspecified atom stereocenters. The van der Waals surface area contributed by atoms with Crippen molar-refractivity contribution in [3.05, 3.63) is 35.4 Å². The fourth-order valence-electron chi connectivity index (χ4n) is 3.23. The van der Waals surface area contributed by atoms with E-state index in [9.17, 15) is 0 Å². The second-order valence-electron chi connectivity index (χ2n) is 6.18. The molecule has 2 N–H and O–H groups in total. The summed E-state index contributed by atoms with van der Waals surface area (Å²) < 4.78 is 0. The van der Waals surface area contributed by atoms with Crippen molar-refractivity contribution >= 4 is 0 Å². The molecule has 1 heteroatoms. The quantitative estimate of drug-likeness (QED) is 0.780. The van der Waals surface area contributed by atoms with Crippen LogP contribution >= 0.6 is 0 Å². The number of benzene rings is 1. The minimum Gasteiger partial charge on any atom is -0.327 e. The van der Waals surface area contributed by atoms with Gasteiger partial charge in [0.1, 0.15) is 0 Å². The standard InChI is InChI=1S/C18H29N/c1-2-3-9-18(19)14-15-10-12-17(13-11-15)16-7-5-4-6-8-16/h10-13,16,18H,2-9,14,19H2,1H3. The third kappa shape index (κ3) is 4.65. The number of hydrogen-bond donors (Lipinski definition) is 1. The molecule has 1 atom stereocenters. The molecule has 0 radical (unpaired) electrons. The van der Waals surface area contributed by atoms with Gasteiger partial charge in [-0.25, -0.2) is 0 Å². The Morgan fingerprint density at radius 3 is 2.42 bits per heavy atom. The van der Waals surface area contributed by atoms with E-state index in [1.807, 2.05) is 0 Å². The molecule has 0 saturated heterocycles. The summed E-state index contributed by atoms with van der Waals surface area (Å²) in [5.41, 5.74) is 9.13. The van der Waals surface area contributed by atoms with Gasteiger partial charge >= 0.3 is 0 Å². The summed E-state index contributed by atoms with van der Waals surface area (Å²) in [7, 11) is 0. The molecule has 0 heterocycles. The van der Waals surface area contributed by atoms with Gasteiger partial charge in [0.15, 0.2) is 0 Å². The fourth-order valence-corrected chi connectivity index (χ4v) is 3.23. The average Bonchev–Trinajstić information content (AvgIpc) is 2.47. The molecule has 1 fully saturated rings. The highest BCUT2D eigenvalue weighted by molar-refractivity contribution is 5.26. The van der Waals surface area contributed by atoms with Crippen LogP contribution in [0, 0.1) is 0 Å². The lowest BCUT2D eigenvalue weighted by Crippen LogP contribution is -2.22. The lowest BCUT2D eigenvalue weighted by molar-refractivity contribution is 0.443. The summed E-state index contributed by atoms with van der Waals surface area (Å²) in [6, 6.07) is 9.63. The van der Waals surface area contributed by atoms with Gasteiger partial charge in [0.25, 0.3) is 0 Å². The maximum atomic E-state index is 6.17. The Morgan fingerprint density at radius 2 is 1.79 bits per heavy atom. The first-order valence-electron chi connectivity index (χ1n) is 8.14. The molecule has 0 spiro atoms. The van der Waals surface area contributed by atoms with Crippen LogP contribution in [0.2, 0.25) is 0 Å².